The highest BCUT2D eigenvalue weighted by Gasteiger charge is 2.67. The summed E-state index contributed by atoms with van der Waals surface area (Å²) in [6, 6.07) is 7.35. The summed E-state index contributed by atoms with van der Waals surface area (Å²) in [5, 5.41) is 5.14. The Morgan fingerprint density at radius 1 is 0.909 bits per heavy atom. The molecule has 44 heavy (non-hydrogen) atoms. The van der Waals surface area contributed by atoms with Gasteiger partial charge in [0.2, 0.25) is 5.91 Å². The number of ether oxygens (including phenoxy) is 2. The highest BCUT2D eigenvalue weighted by atomic mass is 35.5. The van der Waals surface area contributed by atoms with E-state index in [0.717, 1.165) is 12.1 Å². The monoisotopic (exact) mass is 726 g/mol. The van der Waals surface area contributed by atoms with Gasteiger partial charge in [0.05, 0.1) is 31.6 Å². The predicted octanol–water partition coefficient (Wildman–Crippen LogP) is 9.98. The topological polar surface area (TPSA) is 93.7 Å². The largest absolute Gasteiger partial charge is 0.514 e. The lowest BCUT2D eigenvalue weighted by Crippen LogP contribution is -2.26. The third kappa shape index (κ3) is 7.30. The normalized spacial score (nSPS) is 17.1. The number of hydrogen-bond acceptors (Lipinski definition) is 5. The zero-order valence-electron chi connectivity index (χ0n) is 23.2. The summed E-state index contributed by atoms with van der Waals surface area (Å²) in [6.45, 7) is 6.26. The fourth-order valence-corrected chi connectivity index (χ4v) is 5.95. The molecule has 234 valence electrons. The van der Waals surface area contributed by atoms with Gasteiger partial charge < -0.3 is 20.1 Å². The number of hydrogen-bond donors (Lipinski definition) is 2. The number of carbonyl (C=O) groups excluding carboxylic acids is 3. The Bertz CT molecular complexity index is 1670. The van der Waals surface area contributed by atoms with Gasteiger partial charge in [-0.1, -0.05) is 46.4 Å². The van der Waals surface area contributed by atoms with Crippen LogP contribution in [0.3, 0.4) is 0 Å². The maximum absolute atomic E-state index is 15.1. The van der Waals surface area contributed by atoms with Gasteiger partial charge in [-0.3, -0.25) is 9.59 Å². The Balaban J connectivity index is 1.55. The first-order chi connectivity index (χ1) is 20.3. The lowest BCUT2D eigenvalue weighted by Gasteiger charge is -2.19. The second kappa shape index (κ2) is 12.7. The minimum atomic E-state index is -1.51. The summed E-state index contributed by atoms with van der Waals surface area (Å²) in [5.41, 5.74) is -1.12. The van der Waals surface area contributed by atoms with Gasteiger partial charge in [-0.2, -0.15) is 0 Å². The second-order valence-electron chi connectivity index (χ2n) is 10.8. The number of benzene rings is 3. The molecule has 1 fully saturated rings. The molecule has 2 amide bonds. The average Bonchev–Trinajstić information content (AvgIpc) is 3.49. The SMILES string of the molecule is Cc1cc(NC(=O)[C@H]2[C@H](c3cc(Cl)c(Cl)c(Cl)c3)C2(Cl)Cl)cc(C(=O)Nc2c(F)ccc(OC(=O)OC(C)(C)C)c2F)c1Cl. The first-order valence-corrected chi connectivity index (χ1v) is 14.9. The molecule has 4 rings (SSSR count). The van der Waals surface area contributed by atoms with E-state index >= 15 is 4.39 Å². The molecular weight excluding hydrogens is 707 g/mol. The first kappa shape index (κ1) is 34.3. The van der Waals surface area contributed by atoms with E-state index in [1.807, 2.05) is 0 Å². The lowest BCUT2D eigenvalue weighted by molar-refractivity contribution is -0.117. The van der Waals surface area contributed by atoms with E-state index in [-0.39, 0.29) is 31.3 Å². The van der Waals surface area contributed by atoms with Gasteiger partial charge in [0.25, 0.3) is 5.91 Å². The average molecular weight is 729 g/mol. The number of rotatable bonds is 6. The summed E-state index contributed by atoms with van der Waals surface area (Å²) in [6.07, 6.45) is -1.24. The molecule has 7 nitrogen and oxygen atoms in total. The van der Waals surface area contributed by atoms with Crippen LogP contribution in [0.5, 0.6) is 5.75 Å². The van der Waals surface area contributed by atoms with Gasteiger partial charge in [0.1, 0.15) is 21.4 Å². The summed E-state index contributed by atoms with van der Waals surface area (Å²) < 4.78 is 38.0. The number of carbonyl (C=O) groups is 3. The van der Waals surface area contributed by atoms with Crippen LogP contribution in [-0.2, 0) is 9.53 Å². The number of nitrogens with one attached hydrogen (secondary N) is 2. The van der Waals surface area contributed by atoms with Crippen molar-refractivity contribution >= 4 is 99.0 Å². The van der Waals surface area contributed by atoms with Crippen molar-refractivity contribution in [3.63, 3.8) is 0 Å². The number of aryl methyl sites for hydroxylation is 1. The standard InChI is InChI=1S/C29H22Cl6F2N2O5/c1-11-7-13(38-26(41)20-19(29(20,34)35)12-8-15(30)22(33)16(31)9-12)10-14(21(11)32)25(40)39-24-17(36)5-6-18(23(24)37)43-27(42)44-28(2,3)4/h5-10,19-20H,1-4H3,(H,38,41)(H,39,40)/t19-,20+/m0/s1. The van der Waals surface area contributed by atoms with Crippen LogP contribution in [-0.4, -0.2) is 27.9 Å². The van der Waals surface area contributed by atoms with Gasteiger partial charge in [0, 0.05) is 11.6 Å². The molecule has 1 aliphatic rings. The molecule has 0 aromatic heterocycles. The van der Waals surface area contributed by atoms with Crippen molar-refractivity contribution in [3.8, 4) is 5.75 Å². The summed E-state index contributed by atoms with van der Waals surface area (Å²) in [4.78, 5) is 38.4. The van der Waals surface area contributed by atoms with Crippen LogP contribution in [0.4, 0.5) is 25.0 Å². The maximum atomic E-state index is 15.1. The van der Waals surface area contributed by atoms with E-state index in [1.165, 1.54) is 24.3 Å². The zero-order valence-corrected chi connectivity index (χ0v) is 27.7. The van der Waals surface area contributed by atoms with Crippen LogP contribution < -0.4 is 15.4 Å². The maximum Gasteiger partial charge on any atom is 0.514 e. The number of halogens is 8. The van der Waals surface area contributed by atoms with Crippen molar-refractivity contribution in [1.82, 2.24) is 0 Å². The molecule has 1 saturated carbocycles. The van der Waals surface area contributed by atoms with Gasteiger partial charge >= 0.3 is 6.16 Å². The van der Waals surface area contributed by atoms with Crippen molar-refractivity contribution in [3.05, 3.63) is 84.8 Å². The molecular formula is C29H22Cl6F2N2O5. The van der Waals surface area contributed by atoms with Crippen LogP contribution in [0.2, 0.25) is 20.1 Å². The van der Waals surface area contributed by atoms with Crippen LogP contribution in [0, 0.1) is 24.5 Å². The van der Waals surface area contributed by atoms with Crippen LogP contribution >= 0.6 is 69.6 Å². The molecule has 0 aliphatic heterocycles. The quantitative estimate of drug-likeness (QED) is 0.114. The third-order valence-electron chi connectivity index (χ3n) is 6.34. The Hall–Kier alpha value is -2.53. The van der Waals surface area contributed by atoms with Crippen molar-refractivity contribution in [2.75, 3.05) is 10.6 Å². The summed E-state index contributed by atoms with van der Waals surface area (Å²) in [5.74, 6) is -6.47. The van der Waals surface area contributed by atoms with E-state index in [4.69, 9.17) is 79.1 Å². The number of amides is 2. The highest BCUT2D eigenvalue weighted by Crippen LogP contribution is 2.65. The van der Waals surface area contributed by atoms with E-state index in [0.29, 0.717) is 11.1 Å². The van der Waals surface area contributed by atoms with E-state index in [2.05, 4.69) is 10.6 Å². The van der Waals surface area contributed by atoms with Gasteiger partial charge in [-0.15, -0.1) is 23.2 Å². The molecule has 15 heteroatoms. The van der Waals surface area contributed by atoms with Crippen molar-refractivity contribution < 1.29 is 32.6 Å². The Kier molecular flexibility index (Phi) is 9.91. The number of anilines is 2. The lowest BCUT2D eigenvalue weighted by atomic mass is 10.1. The molecule has 0 saturated heterocycles. The van der Waals surface area contributed by atoms with Crippen LogP contribution in [0.1, 0.15) is 48.2 Å². The van der Waals surface area contributed by atoms with Gasteiger partial charge in [-0.05, 0) is 75.2 Å². The Labute approximate surface area is 281 Å². The van der Waals surface area contributed by atoms with E-state index < -0.39 is 62.8 Å². The summed E-state index contributed by atoms with van der Waals surface area (Å²) >= 11 is 37.5. The van der Waals surface area contributed by atoms with E-state index in [1.54, 1.807) is 27.7 Å². The molecule has 0 spiro atoms. The summed E-state index contributed by atoms with van der Waals surface area (Å²) in [7, 11) is 0. The van der Waals surface area contributed by atoms with Gasteiger partial charge in [-0.25, -0.2) is 13.6 Å². The molecule has 1 aliphatic carbocycles. The minimum Gasteiger partial charge on any atom is -0.428 e. The third-order valence-corrected chi connectivity index (χ3v) is 8.98. The first-order valence-electron chi connectivity index (χ1n) is 12.6. The molecule has 2 N–H and O–H groups in total. The second-order valence-corrected chi connectivity index (χ2v) is 13.8. The Morgan fingerprint density at radius 2 is 1.52 bits per heavy atom. The highest BCUT2D eigenvalue weighted by molar-refractivity contribution is 6.54. The molecule has 2 atom stereocenters. The Morgan fingerprint density at radius 3 is 2.11 bits per heavy atom. The number of alkyl halides is 2. The smallest absolute Gasteiger partial charge is 0.428 e. The van der Waals surface area contributed by atoms with Crippen molar-refractivity contribution in [2.45, 2.75) is 43.5 Å². The van der Waals surface area contributed by atoms with Crippen LogP contribution in [0.25, 0.3) is 0 Å². The minimum absolute atomic E-state index is 0.0544. The molecule has 0 radical (unpaired) electrons. The predicted molar refractivity (Wildman–Crippen MR) is 168 cm³/mol. The fraction of sp³-hybridized carbons (Fsp3) is 0.276. The van der Waals surface area contributed by atoms with E-state index in [9.17, 15) is 18.8 Å². The molecule has 0 bridgehead atoms. The molecule has 3 aromatic rings. The van der Waals surface area contributed by atoms with Crippen molar-refractivity contribution in [2.24, 2.45) is 5.92 Å². The molecule has 3 aromatic carbocycles. The van der Waals surface area contributed by atoms with Gasteiger partial charge in [0.15, 0.2) is 11.6 Å². The molecule has 0 unspecified atom stereocenters. The molecule has 0 heterocycles. The van der Waals surface area contributed by atoms with Crippen molar-refractivity contribution in [1.29, 1.82) is 0 Å². The van der Waals surface area contributed by atoms with Crippen LogP contribution in [0.15, 0.2) is 36.4 Å². The zero-order chi connectivity index (χ0) is 32.9. The fourth-order valence-electron chi connectivity index (χ4n) is 4.32.